The van der Waals surface area contributed by atoms with E-state index in [1.807, 2.05) is 80.6 Å². The van der Waals surface area contributed by atoms with Crippen molar-refractivity contribution in [3.05, 3.63) is 108 Å². The molecule has 48 heavy (non-hydrogen) atoms. The van der Waals surface area contributed by atoms with Gasteiger partial charge >= 0.3 is 12.0 Å². The van der Waals surface area contributed by atoms with Crippen LogP contribution in [-0.4, -0.2) is 68.3 Å². The van der Waals surface area contributed by atoms with Crippen LogP contribution in [0.3, 0.4) is 0 Å². The molecule has 0 radical (unpaired) electrons. The zero-order valence-electron chi connectivity index (χ0n) is 27.3. The van der Waals surface area contributed by atoms with Crippen LogP contribution in [0.4, 0.5) is 4.79 Å². The molecule has 2 unspecified atom stereocenters. The molecule has 1 N–H and O–H groups in total. The first-order valence-corrected chi connectivity index (χ1v) is 16.6. The molecule has 10 nitrogen and oxygen atoms in total. The summed E-state index contributed by atoms with van der Waals surface area (Å²) in [6, 6.07) is 26.8. The minimum atomic E-state index is -0.800. The first-order chi connectivity index (χ1) is 23.3. The summed E-state index contributed by atoms with van der Waals surface area (Å²) >= 11 is 0. The lowest BCUT2D eigenvalue weighted by Gasteiger charge is -2.55. The number of rotatable bonds is 10. The number of hydrogen-bond acceptors (Lipinski definition) is 6. The topological polar surface area (TPSA) is 112 Å². The molecule has 0 aliphatic carbocycles. The van der Waals surface area contributed by atoms with Gasteiger partial charge in [0.15, 0.2) is 0 Å². The van der Waals surface area contributed by atoms with Crippen molar-refractivity contribution in [2.24, 2.45) is 5.92 Å². The van der Waals surface area contributed by atoms with Crippen LogP contribution < -0.4 is 10.1 Å². The molecular formula is C38H41N5O5. The van der Waals surface area contributed by atoms with Gasteiger partial charge in [-0.3, -0.25) is 19.4 Å². The quantitative estimate of drug-likeness (QED) is 0.179. The number of pyridine rings is 1. The highest BCUT2D eigenvalue weighted by molar-refractivity contribution is 5.92. The van der Waals surface area contributed by atoms with Gasteiger partial charge in [-0.2, -0.15) is 0 Å². The van der Waals surface area contributed by atoms with Crippen molar-refractivity contribution in [2.75, 3.05) is 6.54 Å². The number of fused-ring (bicyclic) bond motifs is 2. The summed E-state index contributed by atoms with van der Waals surface area (Å²) in [6.07, 6.45) is 2.19. The maximum Gasteiger partial charge on any atom is 0.319 e. The molecule has 4 aromatic rings. The summed E-state index contributed by atoms with van der Waals surface area (Å²) in [4.78, 5) is 64.3. The standard InChI is InChI=1S/C38H41N5O5/c1-26(18-19-34(45)48-31-16-7-4-8-17-31)23-32-37(46)42(25-30-14-9-13-29-15-10-21-39-35(29)30)27(2)36-41(22-20-33(44)43(32)36)38(47)40-24-28-11-5-3-6-12-28/h3-17,21,26-27,32,36H,18-20,22-25H2,1-2H3,(H,40,47)/t26?,27-,32-,36?/m0/s1. The predicted molar refractivity (Wildman–Crippen MR) is 181 cm³/mol. The molecule has 3 heterocycles. The summed E-state index contributed by atoms with van der Waals surface area (Å²) in [5, 5.41) is 4.00. The highest BCUT2D eigenvalue weighted by atomic mass is 16.5. The first kappa shape index (κ1) is 32.7. The van der Waals surface area contributed by atoms with E-state index in [4.69, 9.17) is 4.74 Å². The Morgan fingerprint density at radius 2 is 1.69 bits per heavy atom. The lowest BCUT2D eigenvalue weighted by atomic mass is 9.90. The Hall–Kier alpha value is -5.25. The number of piperazine rings is 1. The van der Waals surface area contributed by atoms with Crippen LogP contribution in [0.25, 0.3) is 10.9 Å². The van der Waals surface area contributed by atoms with Gasteiger partial charge < -0.3 is 24.8 Å². The number of carbonyl (C=O) groups is 4. The van der Waals surface area contributed by atoms with Crippen molar-refractivity contribution >= 4 is 34.7 Å². The second-order valence-corrected chi connectivity index (χ2v) is 12.7. The summed E-state index contributed by atoms with van der Waals surface area (Å²) in [6.45, 7) is 4.75. The van der Waals surface area contributed by atoms with Crippen LogP contribution in [0.15, 0.2) is 97.2 Å². The molecule has 2 saturated heterocycles. The van der Waals surface area contributed by atoms with Gasteiger partial charge in [-0.1, -0.05) is 79.7 Å². The summed E-state index contributed by atoms with van der Waals surface area (Å²) < 4.78 is 5.47. The van der Waals surface area contributed by atoms with Crippen molar-refractivity contribution in [3.63, 3.8) is 0 Å². The lowest BCUT2D eigenvalue weighted by molar-refractivity contribution is -0.175. The Morgan fingerprint density at radius 1 is 0.958 bits per heavy atom. The second kappa shape index (κ2) is 14.7. The summed E-state index contributed by atoms with van der Waals surface area (Å²) in [7, 11) is 0. The summed E-state index contributed by atoms with van der Waals surface area (Å²) in [5.74, 6) is -0.287. The molecule has 6 rings (SSSR count). The number of nitrogens with one attached hydrogen (secondary N) is 1. The molecule has 248 valence electrons. The fraction of sp³-hybridized carbons (Fsp3) is 0.342. The minimum absolute atomic E-state index is 0.0903. The maximum absolute atomic E-state index is 14.5. The minimum Gasteiger partial charge on any atom is -0.427 e. The third-order valence-electron chi connectivity index (χ3n) is 9.33. The Morgan fingerprint density at radius 3 is 2.46 bits per heavy atom. The number of urea groups is 1. The van der Waals surface area contributed by atoms with Crippen molar-refractivity contribution in [1.29, 1.82) is 0 Å². The molecular weight excluding hydrogens is 606 g/mol. The van der Waals surface area contributed by atoms with Gasteiger partial charge in [-0.05, 0) is 55.0 Å². The van der Waals surface area contributed by atoms with Crippen molar-refractivity contribution < 1.29 is 23.9 Å². The van der Waals surface area contributed by atoms with E-state index in [1.54, 1.807) is 45.2 Å². The Kier molecular flexibility index (Phi) is 9.99. The van der Waals surface area contributed by atoms with Crippen molar-refractivity contribution in [1.82, 2.24) is 25.0 Å². The van der Waals surface area contributed by atoms with Gasteiger partial charge in [0.1, 0.15) is 18.0 Å². The van der Waals surface area contributed by atoms with Crippen molar-refractivity contribution in [2.45, 2.75) is 70.9 Å². The van der Waals surface area contributed by atoms with E-state index < -0.39 is 18.2 Å². The number of nitrogens with zero attached hydrogens (tertiary/aromatic N) is 4. The normalized spacial score (nSPS) is 20.0. The van der Waals surface area contributed by atoms with E-state index in [0.29, 0.717) is 25.1 Å². The third-order valence-corrected chi connectivity index (χ3v) is 9.33. The maximum atomic E-state index is 14.5. The van der Waals surface area contributed by atoms with E-state index in [-0.39, 0.29) is 55.7 Å². The molecule has 4 atom stereocenters. The fourth-order valence-electron chi connectivity index (χ4n) is 6.84. The van der Waals surface area contributed by atoms with Crippen LogP contribution in [0.5, 0.6) is 5.75 Å². The zero-order chi connectivity index (χ0) is 33.6. The van der Waals surface area contributed by atoms with Gasteiger partial charge in [-0.25, -0.2) is 4.79 Å². The van der Waals surface area contributed by atoms with E-state index in [2.05, 4.69) is 10.3 Å². The lowest BCUT2D eigenvalue weighted by Crippen LogP contribution is -2.74. The average Bonchev–Trinajstić information content (AvgIpc) is 3.11. The molecule has 10 heteroatoms. The number of hydrogen-bond donors (Lipinski definition) is 1. The van der Waals surface area contributed by atoms with Crippen LogP contribution in [-0.2, 0) is 27.5 Å². The second-order valence-electron chi connectivity index (χ2n) is 12.7. The molecule has 2 aliphatic heterocycles. The molecule has 2 aliphatic rings. The van der Waals surface area contributed by atoms with Crippen molar-refractivity contribution in [3.8, 4) is 5.75 Å². The smallest absolute Gasteiger partial charge is 0.319 e. The van der Waals surface area contributed by atoms with Crippen LogP contribution >= 0.6 is 0 Å². The highest BCUT2D eigenvalue weighted by Crippen LogP contribution is 2.35. The van der Waals surface area contributed by atoms with Gasteiger partial charge in [0.05, 0.1) is 11.6 Å². The number of aromatic nitrogens is 1. The molecule has 2 fully saturated rings. The van der Waals surface area contributed by atoms with E-state index >= 15 is 0 Å². The zero-order valence-corrected chi connectivity index (χ0v) is 27.3. The fourth-order valence-corrected chi connectivity index (χ4v) is 6.84. The van der Waals surface area contributed by atoms with Crippen LogP contribution in [0, 0.1) is 5.92 Å². The van der Waals surface area contributed by atoms with Crippen LogP contribution in [0.2, 0.25) is 0 Å². The summed E-state index contributed by atoms with van der Waals surface area (Å²) in [5.41, 5.74) is 2.66. The van der Waals surface area contributed by atoms with E-state index in [1.165, 1.54) is 0 Å². The number of esters is 1. The number of para-hydroxylation sites is 2. The Labute approximate surface area is 280 Å². The average molecular weight is 648 g/mol. The number of carbonyl (C=O) groups excluding carboxylic acids is 4. The van der Waals surface area contributed by atoms with E-state index in [0.717, 1.165) is 22.0 Å². The molecule has 0 saturated carbocycles. The largest absolute Gasteiger partial charge is 0.427 e. The molecule has 3 aromatic carbocycles. The number of ether oxygens (including phenoxy) is 1. The first-order valence-electron chi connectivity index (χ1n) is 16.6. The molecule has 0 bridgehead atoms. The molecule has 4 amide bonds. The Balaban J connectivity index is 1.25. The van der Waals surface area contributed by atoms with Gasteiger partial charge in [0.2, 0.25) is 11.8 Å². The highest BCUT2D eigenvalue weighted by Gasteiger charge is 2.52. The monoisotopic (exact) mass is 647 g/mol. The molecule has 1 aromatic heterocycles. The van der Waals surface area contributed by atoms with E-state index in [9.17, 15) is 19.2 Å². The third kappa shape index (κ3) is 7.17. The van der Waals surface area contributed by atoms with Crippen LogP contribution in [0.1, 0.15) is 50.7 Å². The number of amides is 4. The van der Waals surface area contributed by atoms with Gasteiger partial charge in [0, 0.05) is 44.1 Å². The Bertz CT molecular complexity index is 1760. The van der Waals surface area contributed by atoms with Gasteiger partial charge in [0.25, 0.3) is 0 Å². The molecule has 0 spiro atoms. The number of benzene rings is 3. The van der Waals surface area contributed by atoms with Gasteiger partial charge in [-0.15, -0.1) is 0 Å². The SMILES string of the molecule is CC(CCC(=O)Oc1ccccc1)C[C@H]1C(=O)N(Cc2cccc3cccnc23)[C@@H](C)C2N(C(=O)NCc3ccccc3)CCC(=O)N21. The predicted octanol–water partition coefficient (Wildman–Crippen LogP) is 5.52.